The molecule has 0 saturated heterocycles. The van der Waals surface area contributed by atoms with Crippen LogP contribution in [-0.2, 0) is 6.42 Å². The minimum absolute atomic E-state index is 0.224. The SMILES string of the molecule is O=C(O)c1cnc2c(ccc3c4c(ccc32)NCCC4)c1. The molecule has 1 aromatic heterocycles. The number of hydrogen-bond acceptors (Lipinski definition) is 3. The largest absolute Gasteiger partial charge is 0.478 e. The highest BCUT2D eigenvalue weighted by atomic mass is 16.4. The lowest BCUT2D eigenvalue weighted by atomic mass is 9.94. The average molecular weight is 278 g/mol. The summed E-state index contributed by atoms with van der Waals surface area (Å²) in [4.78, 5) is 15.4. The van der Waals surface area contributed by atoms with Gasteiger partial charge in [-0.25, -0.2) is 4.79 Å². The van der Waals surface area contributed by atoms with Crippen molar-refractivity contribution in [1.82, 2.24) is 4.98 Å². The van der Waals surface area contributed by atoms with Crippen LogP contribution in [0.3, 0.4) is 0 Å². The van der Waals surface area contributed by atoms with Crippen molar-refractivity contribution < 1.29 is 9.90 Å². The molecule has 0 atom stereocenters. The van der Waals surface area contributed by atoms with Crippen molar-refractivity contribution in [2.45, 2.75) is 12.8 Å². The Morgan fingerprint density at radius 1 is 1.19 bits per heavy atom. The lowest BCUT2D eigenvalue weighted by Crippen LogP contribution is -2.11. The van der Waals surface area contributed by atoms with Gasteiger partial charge in [0.05, 0.1) is 11.1 Å². The van der Waals surface area contributed by atoms with Crippen LogP contribution in [0.5, 0.6) is 0 Å². The Labute approximate surface area is 121 Å². The van der Waals surface area contributed by atoms with E-state index in [2.05, 4.69) is 28.5 Å². The fourth-order valence-electron chi connectivity index (χ4n) is 3.11. The van der Waals surface area contributed by atoms with Crippen LogP contribution in [0.4, 0.5) is 5.69 Å². The maximum absolute atomic E-state index is 11.1. The average Bonchev–Trinajstić information content (AvgIpc) is 2.53. The van der Waals surface area contributed by atoms with Crippen molar-refractivity contribution in [2.75, 3.05) is 11.9 Å². The van der Waals surface area contributed by atoms with Crippen LogP contribution in [-0.4, -0.2) is 22.6 Å². The molecule has 2 heterocycles. The molecule has 21 heavy (non-hydrogen) atoms. The van der Waals surface area contributed by atoms with Gasteiger partial charge in [-0.2, -0.15) is 0 Å². The van der Waals surface area contributed by atoms with E-state index in [1.807, 2.05) is 6.07 Å². The van der Waals surface area contributed by atoms with Gasteiger partial charge >= 0.3 is 5.97 Å². The van der Waals surface area contributed by atoms with Gasteiger partial charge in [0.15, 0.2) is 0 Å². The van der Waals surface area contributed by atoms with Gasteiger partial charge in [-0.05, 0) is 35.9 Å². The van der Waals surface area contributed by atoms with Gasteiger partial charge in [-0.3, -0.25) is 4.98 Å². The summed E-state index contributed by atoms with van der Waals surface area (Å²) in [5.41, 5.74) is 3.63. The highest BCUT2D eigenvalue weighted by molar-refractivity contribution is 6.08. The third-order valence-corrected chi connectivity index (χ3v) is 4.12. The molecule has 104 valence electrons. The third kappa shape index (κ3) is 1.83. The predicted octanol–water partition coefficient (Wildman–Crippen LogP) is 3.44. The molecule has 2 N–H and O–H groups in total. The van der Waals surface area contributed by atoms with Gasteiger partial charge in [0, 0.05) is 29.2 Å². The first-order valence-corrected chi connectivity index (χ1v) is 7.05. The van der Waals surface area contributed by atoms with Gasteiger partial charge in [0.1, 0.15) is 0 Å². The van der Waals surface area contributed by atoms with E-state index in [9.17, 15) is 4.79 Å². The molecule has 0 spiro atoms. The van der Waals surface area contributed by atoms with Crippen LogP contribution in [0.15, 0.2) is 36.5 Å². The lowest BCUT2D eigenvalue weighted by molar-refractivity contribution is 0.0696. The van der Waals surface area contributed by atoms with Crippen molar-refractivity contribution in [1.29, 1.82) is 0 Å². The molecule has 0 unspecified atom stereocenters. The van der Waals surface area contributed by atoms with E-state index in [1.165, 1.54) is 22.8 Å². The summed E-state index contributed by atoms with van der Waals surface area (Å²) in [6.45, 7) is 1.02. The summed E-state index contributed by atoms with van der Waals surface area (Å²) in [6, 6.07) is 9.90. The zero-order chi connectivity index (χ0) is 14.4. The van der Waals surface area contributed by atoms with E-state index >= 15 is 0 Å². The Balaban J connectivity index is 2.04. The molecular formula is C17H14N2O2. The smallest absolute Gasteiger partial charge is 0.337 e. The number of carbonyl (C=O) groups is 1. The first kappa shape index (κ1) is 12.1. The summed E-state index contributed by atoms with van der Waals surface area (Å²) in [5, 5.41) is 15.7. The van der Waals surface area contributed by atoms with Gasteiger partial charge in [-0.15, -0.1) is 0 Å². The van der Waals surface area contributed by atoms with Crippen LogP contribution >= 0.6 is 0 Å². The van der Waals surface area contributed by atoms with Crippen LogP contribution in [0.25, 0.3) is 21.7 Å². The Bertz CT molecular complexity index is 887. The number of aromatic carboxylic acids is 1. The third-order valence-electron chi connectivity index (χ3n) is 4.12. The van der Waals surface area contributed by atoms with Gasteiger partial charge in [0.25, 0.3) is 0 Å². The Morgan fingerprint density at radius 2 is 2.05 bits per heavy atom. The lowest BCUT2D eigenvalue weighted by Gasteiger charge is -2.20. The number of carboxylic acids is 1. The standard InChI is InChI=1S/C17H14N2O2/c20-17(21)11-8-10-3-4-12-13-2-1-7-18-15(13)6-5-14(12)16(10)19-9-11/h3-6,8-9,18H,1-2,7H2,(H,20,21). The Morgan fingerprint density at radius 3 is 2.90 bits per heavy atom. The number of aromatic nitrogens is 1. The number of anilines is 1. The molecule has 2 aromatic carbocycles. The second-order valence-corrected chi connectivity index (χ2v) is 5.38. The number of nitrogens with one attached hydrogen (secondary N) is 1. The topological polar surface area (TPSA) is 62.2 Å². The minimum Gasteiger partial charge on any atom is -0.478 e. The number of nitrogens with zero attached hydrogens (tertiary/aromatic N) is 1. The van der Waals surface area contributed by atoms with Gasteiger partial charge < -0.3 is 10.4 Å². The normalized spacial score (nSPS) is 13.9. The highest BCUT2D eigenvalue weighted by Gasteiger charge is 2.14. The summed E-state index contributed by atoms with van der Waals surface area (Å²) in [7, 11) is 0. The fraction of sp³-hybridized carbons (Fsp3) is 0.176. The number of rotatable bonds is 1. The van der Waals surface area contributed by atoms with Crippen molar-refractivity contribution in [3.63, 3.8) is 0 Å². The van der Waals surface area contributed by atoms with Gasteiger partial charge in [-0.1, -0.05) is 18.2 Å². The number of aryl methyl sites for hydroxylation is 1. The van der Waals surface area contributed by atoms with Crippen LogP contribution in [0, 0.1) is 0 Å². The van der Waals surface area contributed by atoms with E-state index in [1.54, 1.807) is 6.07 Å². The van der Waals surface area contributed by atoms with E-state index in [4.69, 9.17) is 5.11 Å². The Kier molecular flexibility index (Phi) is 2.57. The molecular weight excluding hydrogens is 264 g/mol. The van der Waals surface area contributed by atoms with E-state index in [0.29, 0.717) is 0 Å². The van der Waals surface area contributed by atoms with Gasteiger partial charge in [0.2, 0.25) is 0 Å². The summed E-state index contributed by atoms with van der Waals surface area (Å²) < 4.78 is 0. The molecule has 0 amide bonds. The molecule has 4 heteroatoms. The molecule has 0 fully saturated rings. The maximum atomic E-state index is 11.1. The zero-order valence-corrected chi connectivity index (χ0v) is 11.4. The second kappa shape index (κ2) is 4.45. The highest BCUT2D eigenvalue weighted by Crippen LogP contribution is 2.33. The number of pyridine rings is 1. The number of benzene rings is 2. The first-order valence-electron chi connectivity index (χ1n) is 7.05. The monoisotopic (exact) mass is 278 g/mol. The summed E-state index contributed by atoms with van der Waals surface area (Å²) in [6.07, 6.45) is 3.63. The van der Waals surface area contributed by atoms with Crippen molar-refractivity contribution in [3.8, 4) is 0 Å². The summed E-state index contributed by atoms with van der Waals surface area (Å²) >= 11 is 0. The van der Waals surface area contributed by atoms with Crippen molar-refractivity contribution in [3.05, 3.63) is 47.7 Å². The molecule has 1 aliphatic rings. The molecule has 1 aliphatic heterocycles. The fourth-order valence-corrected chi connectivity index (χ4v) is 3.11. The first-order chi connectivity index (χ1) is 10.2. The zero-order valence-electron chi connectivity index (χ0n) is 11.4. The maximum Gasteiger partial charge on any atom is 0.337 e. The molecule has 4 nitrogen and oxygen atoms in total. The number of hydrogen-bond donors (Lipinski definition) is 2. The molecule has 0 bridgehead atoms. The molecule has 4 rings (SSSR count). The van der Waals surface area contributed by atoms with Crippen molar-refractivity contribution >= 4 is 33.3 Å². The van der Waals surface area contributed by atoms with Crippen LogP contribution in [0.2, 0.25) is 0 Å². The van der Waals surface area contributed by atoms with E-state index in [0.717, 1.165) is 35.7 Å². The quantitative estimate of drug-likeness (QED) is 0.669. The molecule has 0 saturated carbocycles. The van der Waals surface area contributed by atoms with Crippen LogP contribution in [0.1, 0.15) is 22.3 Å². The Hall–Kier alpha value is -2.62. The van der Waals surface area contributed by atoms with E-state index in [-0.39, 0.29) is 5.56 Å². The number of carboxylic acid groups (broad SMARTS) is 1. The second-order valence-electron chi connectivity index (χ2n) is 5.38. The molecule has 3 aromatic rings. The number of fused-ring (bicyclic) bond motifs is 5. The van der Waals surface area contributed by atoms with Crippen molar-refractivity contribution in [2.24, 2.45) is 0 Å². The molecule has 0 aliphatic carbocycles. The minimum atomic E-state index is -0.945. The summed E-state index contributed by atoms with van der Waals surface area (Å²) in [5.74, 6) is -0.945. The molecule has 0 radical (unpaired) electrons. The van der Waals surface area contributed by atoms with Crippen LogP contribution < -0.4 is 5.32 Å². The van der Waals surface area contributed by atoms with E-state index < -0.39 is 5.97 Å². The predicted molar refractivity (Wildman–Crippen MR) is 83.0 cm³/mol.